The first-order chi connectivity index (χ1) is 17.3. The van der Waals surface area contributed by atoms with E-state index in [9.17, 15) is 8.78 Å². The van der Waals surface area contributed by atoms with Crippen molar-refractivity contribution in [3.8, 4) is 22.5 Å². The number of benzene rings is 2. The number of pyridine rings is 1. The van der Waals surface area contributed by atoms with Crippen LogP contribution in [0.3, 0.4) is 0 Å². The van der Waals surface area contributed by atoms with Gasteiger partial charge in [0.15, 0.2) is 17.5 Å². The van der Waals surface area contributed by atoms with Crippen LogP contribution in [0, 0.1) is 30.9 Å². The second-order valence-corrected chi connectivity index (χ2v) is 8.10. The molecule has 0 spiro atoms. The molecule has 0 atom stereocenters. The van der Waals surface area contributed by atoms with E-state index in [0.717, 1.165) is 5.52 Å². The number of halogens is 3. The summed E-state index contributed by atoms with van der Waals surface area (Å²) in [6, 6.07) is 10.9. The molecule has 5 rings (SSSR count). The monoisotopic (exact) mass is 506 g/mol. The first-order valence-corrected chi connectivity index (χ1v) is 11.1. The fourth-order valence-electron chi connectivity index (χ4n) is 3.53. The lowest BCUT2D eigenvalue weighted by molar-refractivity contribution is 0.628. The Labute approximate surface area is 210 Å². The number of allylic oxidation sites excluding steroid dienone is 1. The molecule has 36 heavy (non-hydrogen) atoms. The first-order valence-electron chi connectivity index (χ1n) is 10.7. The highest BCUT2D eigenvalue weighted by Gasteiger charge is 2.19. The highest BCUT2D eigenvalue weighted by molar-refractivity contribution is 6.30. The molecule has 0 aliphatic heterocycles. The summed E-state index contributed by atoms with van der Waals surface area (Å²) in [5, 5.41) is 14.9. The minimum Gasteiger partial charge on any atom is -0.381 e. The van der Waals surface area contributed by atoms with Crippen LogP contribution < -0.4 is 5.73 Å². The molecule has 4 N–H and O–H groups in total. The third-order valence-corrected chi connectivity index (χ3v) is 5.42. The molecule has 3 heterocycles. The number of imidazole rings is 1. The Bertz CT molecular complexity index is 1550. The third kappa shape index (κ3) is 5.13. The number of nitrogens with one attached hydrogen (secondary N) is 2. The molecule has 8 nitrogen and oxygen atoms in total. The summed E-state index contributed by atoms with van der Waals surface area (Å²) in [5.74, 6) is 0.834. The molecule has 3 aromatic heterocycles. The zero-order valence-corrected chi connectivity index (χ0v) is 20.1. The van der Waals surface area contributed by atoms with Crippen molar-refractivity contribution in [2.45, 2.75) is 13.8 Å². The number of rotatable bonds is 4. The van der Waals surface area contributed by atoms with E-state index in [2.05, 4.69) is 25.1 Å². The summed E-state index contributed by atoms with van der Waals surface area (Å²) < 4.78 is 28.5. The molecule has 0 saturated carbocycles. The maximum Gasteiger partial charge on any atom is 0.183 e. The van der Waals surface area contributed by atoms with Crippen molar-refractivity contribution in [1.82, 2.24) is 29.7 Å². The second kappa shape index (κ2) is 10.4. The summed E-state index contributed by atoms with van der Waals surface area (Å²) >= 11 is 5.44. The van der Waals surface area contributed by atoms with Gasteiger partial charge in [0.25, 0.3) is 0 Å². The van der Waals surface area contributed by atoms with Gasteiger partial charge in [-0.2, -0.15) is 5.10 Å². The number of nitrogens with zero attached hydrogens (tertiary/aromatic N) is 5. The number of aromatic amines is 1. The molecule has 2 aromatic carbocycles. The minimum absolute atomic E-state index is 0.165. The number of anilines is 1. The van der Waals surface area contributed by atoms with Crippen molar-refractivity contribution in [3.63, 3.8) is 0 Å². The number of aromatic nitrogens is 6. The standard InChI is InChI=1S/C19H17FN8.C6H4ClF/c1-10-24-19(27-26-10)14-8-12(13-4-6-23-18(22)16(13)20)9-15-17(14)25-11(2)28(15)7-3-5-21;7-5-1-3-6(8)4-2-5/h3-9,21H,1-2H3,(H2,22,23)(H,24,26,27);1-4H/b7-3+,21-5?;. The van der Waals surface area contributed by atoms with Crippen LogP contribution in [0.15, 0.2) is 54.7 Å². The smallest absolute Gasteiger partial charge is 0.183 e. The molecule has 0 amide bonds. The summed E-state index contributed by atoms with van der Waals surface area (Å²) in [6.45, 7) is 3.66. The van der Waals surface area contributed by atoms with E-state index < -0.39 is 5.82 Å². The van der Waals surface area contributed by atoms with Gasteiger partial charge in [-0.1, -0.05) is 11.6 Å². The SMILES string of the molecule is Cc1nc(-c2cc(-c3ccnc(N)c3F)cc3c2nc(C)n3/C=C/C=N)n[nH]1.Fc1ccc(Cl)cc1. The largest absolute Gasteiger partial charge is 0.381 e. The number of fused-ring (bicyclic) bond motifs is 1. The Morgan fingerprint density at radius 3 is 2.44 bits per heavy atom. The molecule has 0 bridgehead atoms. The van der Waals surface area contributed by atoms with E-state index >= 15 is 0 Å². The molecule has 182 valence electrons. The van der Waals surface area contributed by atoms with Crippen LogP contribution in [0.2, 0.25) is 5.02 Å². The molecule has 0 aliphatic carbocycles. The van der Waals surface area contributed by atoms with Crippen molar-refractivity contribution >= 4 is 40.9 Å². The number of nitrogens with two attached hydrogens (primary N) is 1. The minimum atomic E-state index is -0.586. The molecular formula is C25H21ClF2N8. The van der Waals surface area contributed by atoms with Crippen LogP contribution in [0.1, 0.15) is 11.6 Å². The van der Waals surface area contributed by atoms with Gasteiger partial charge in [-0.15, -0.1) is 0 Å². The summed E-state index contributed by atoms with van der Waals surface area (Å²) in [7, 11) is 0. The maximum atomic E-state index is 14.6. The Hall–Kier alpha value is -4.44. The van der Waals surface area contributed by atoms with Gasteiger partial charge in [-0.25, -0.2) is 23.7 Å². The lowest BCUT2D eigenvalue weighted by atomic mass is 10.0. The first kappa shape index (κ1) is 24.7. The number of nitrogen functional groups attached to an aromatic ring is 1. The van der Waals surface area contributed by atoms with Crippen LogP contribution in [0.25, 0.3) is 39.7 Å². The van der Waals surface area contributed by atoms with Gasteiger partial charge in [0.1, 0.15) is 23.0 Å². The van der Waals surface area contributed by atoms with E-state index in [1.165, 1.54) is 36.7 Å². The molecule has 5 aromatic rings. The number of hydrogen-bond acceptors (Lipinski definition) is 6. The Morgan fingerprint density at radius 1 is 1.06 bits per heavy atom. The van der Waals surface area contributed by atoms with Crippen molar-refractivity contribution < 1.29 is 8.78 Å². The Kier molecular flexibility index (Phi) is 7.16. The highest BCUT2D eigenvalue weighted by atomic mass is 35.5. The normalized spacial score (nSPS) is 11.0. The summed E-state index contributed by atoms with van der Waals surface area (Å²) in [4.78, 5) is 12.8. The second-order valence-electron chi connectivity index (χ2n) is 7.67. The van der Waals surface area contributed by atoms with Crippen molar-refractivity contribution in [1.29, 1.82) is 5.41 Å². The zero-order valence-electron chi connectivity index (χ0n) is 19.3. The highest BCUT2D eigenvalue weighted by Crippen LogP contribution is 2.34. The van der Waals surface area contributed by atoms with E-state index in [4.69, 9.17) is 22.7 Å². The predicted octanol–water partition coefficient (Wildman–Crippen LogP) is 5.82. The van der Waals surface area contributed by atoms with Crippen molar-refractivity contribution in [3.05, 3.63) is 83.0 Å². The van der Waals surface area contributed by atoms with Crippen LogP contribution in [0.5, 0.6) is 0 Å². The van der Waals surface area contributed by atoms with Crippen LogP contribution in [-0.4, -0.2) is 35.9 Å². The number of H-pyrrole nitrogens is 1. The number of hydrogen-bond donors (Lipinski definition) is 3. The summed E-state index contributed by atoms with van der Waals surface area (Å²) in [5.41, 5.74) is 8.65. The van der Waals surface area contributed by atoms with Crippen molar-refractivity contribution in [2.24, 2.45) is 0 Å². The Morgan fingerprint density at radius 2 is 1.81 bits per heavy atom. The van der Waals surface area contributed by atoms with Gasteiger partial charge < -0.3 is 15.7 Å². The average Bonchev–Trinajstić information content (AvgIpc) is 3.43. The number of aryl methyl sites for hydroxylation is 2. The molecule has 0 radical (unpaired) electrons. The lowest BCUT2D eigenvalue weighted by Crippen LogP contribution is -1.97. The molecule has 0 aliphatic rings. The van der Waals surface area contributed by atoms with E-state index in [1.807, 2.05) is 17.6 Å². The van der Waals surface area contributed by atoms with Gasteiger partial charge >= 0.3 is 0 Å². The fraction of sp³-hybridized carbons (Fsp3) is 0.0800. The zero-order chi connectivity index (χ0) is 25.8. The quantitative estimate of drug-likeness (QED) is 0.265. The van der Waals surface area contributed by atoms with E-state index in [0.29, 0.717) is 44.7 Å². The molecule has 11 heteroatoms. The topological polar surface area (TPSA) is 122 Å². The lowest BCUT2D eigenvalue weighted by Gasteiger charge is -2.08. The molecule has 0 fully saturated rings. The van der Waals surface area contributed by atoms with Crippen molar-refractivity contribution in [2.75, 3.05) is 5.73 Å². The Balaban J connectivity index is 0.000000325. The fourth-order valence-corrected chi connectivity index (χ4v) is 3.66. The average molecular weight is 507 g/mol. The molecule has 0 saturated heterocycles. The maximum absolute atomic E-state index is 14.6. The molecule has 0 unspecified atom stereocenters. The van der Waals surface area contributed by atoms with Gasteiger partial charge in [-0.3, -0.25) is 5.10 Å². The van der Waals surface area contributed by atoms with Crippen LogP contribution in [-0.2, 0) is 0 Å². The van der Waals surface area contributed by atoms with Crippen LogP contribution in [0.4, 0.5) is 14.6 Å². The van der Waals surface area contributed by atoms with E-state index in [1.54, 1.807) is 31.3 Å². The van der Waals surface area contributed by atoms with E-state index in [-0.39, 0.29) is 11.6 Å². The predicted molar refractivity (Wildman–Crippen MR) is 138 cm³/mol. The third-order valence-electron chi connectivity index (χ3n) is 5.17. The van der Waals surface area contributed by atoms with Crippen LogP contribution >= 0.6 is 11.6 Å². The van der Waals surface area contributed by atoms with Gasteiger partial charge in [-0.05, 0) is 68.0 Å². The van der Waals surface area contributed by atoms with Gasteiger partial charge in [0.05, 0.1) is 5.52 Å². The molecular weight excluding hydrogens is 486 g/mol. The van der Waals surface area contributed by atoms with Gasteiger partial charge in [0.2, 0.25) is 0 Å². The summed E-state index contributed by atoms with van der Waals surface area (Å²) in [6.07, 6.45) is 5.96. The van der Waals surface area contributed by atoms with Gasteiger partial charge in [0, 0.05) is 34.8 Å².